The van der Waals surface area contributed by atoms with Gasteiger partial charge in [-0.15, -0.1) is 0 Å². The zero-order valence-corrected chi connectivity index (χ0v) is 18.1. The number of aryl methyl sites for hydroxylation is 1. The van der Waals surface area contributed by atoms with E-state index < -0.39 is 0 Å². The summed E-state index contributed by atoms with van der Waals surface area (Å²) in [4.78, 5) is 22.4. The van der Waals surface area contributed by atoms with Crippen LogP contribution in [0.4, 0.5) is 5.69 Å². The Hall–Kier alpha value is -2.31. The van der Waals surface area contributed by atoms with Crippen LogP contribution in [0.3, 0.4) is 0 Å². The number of hydrogen-bond acceptors (Lipinski definition) is 5. The van der Waals surface area contributed by atoms with Gasteiger partial charge in [-0.2, -0.15) is 0 Å². The average molecular weight is 428 g/mol. The number of rotatable bonds is 6. The quantitative estimate of drug-likeness (QED) is 0.410. The zero-order chi connectivity index (χ0) is 20.5. The minimum absolute atomic E-state index is 0.120. The minimum Gasteiger partial charge on any atom is -0.495 e. The fourth-order valence-electron chi connectivity index (χ4n) is 3.06. The van der Waals surface area contributed by atoms with Crippen molar-refractivity contribution >= 4 is 45.9 Å². The number of carbonyl (C=O) groups excluding carboxylic acids is 1. The Labute approximate surface area is 179 Å². The molecule has 1 aliphatic rings. The first-order chi connectivity index (χ1) is 14.0. The van der Waals surface area contributed by atoms with Crippen molar-refractivity contribution in [3.8, 4) is 5.75 Å². The van der Waals surface area contributed by atoms with Gasteiger partial charge in [-0.25, -0.2) is 9.97 Å². The number of para-hydroxylation sites is 1. The van der Waals surface area contributed by atoms with Gasteiger partial charge in [0.1, 0.15) is 16.6 Å². The normalized spacial score (nSPS) is 14.6. The standard InChI is InChI=1S/C22H22ClN3O2S/c1-12-10-18(19(28-3)11-16(12)23)25-21(27)13(2)29-22-15-6-4-5-7-17(15)24-20(26-22)14-8-9-14/h4-7,10-11,13-14H,8-9H2,1-3H3,(H,25,27). The van der Waals surface area contributed by atoms with E-state index in [-0.39, 0.29) is 11.2 Å². The monoisotopic (exact) mass is 427 g/mol. The van der Waals surface area contributed by atoms with Crippen LogP contribution >= 0.6 is 23.4 Å². The molecule has 2 aromatic carbocycles. The maximum absolute atomic E-state index is 12.9. The van der Waals surface area contributed by atoms with Crippen molar-refractivity contribution in [2.75, 3.05) is 12.4 Å². The number of halogens is 1. The molecule has 0 radical (unpaired) electrons. The maximum atomic E-state index is 12.9. The van der Waals surface area contributed by atoms with Gasteiger partial charge in [0.15, 0.2) is 0 Å². The molecular weight excluding hydrogens is 406 g/mol. The number of thioether (sulfide) groups is 1. The summed E-state index contributed by atoms with van der Waals surface area (Å²) in [5.41, 5.74) is 2.41. The molecule has 1 fully saturated rings. The maximum Gasteiger partial charge on any atom is 0.237 e. The smallest absolute Gasteiger partial charge is 0.237 e. The molecule has 0 saturated heterocycles. The van der Waals surface area contributed by atoms with Crippen molar-refractivity contribution in [1.82, 2.24) is 9.97 Å². The molecule has 1 N–H and O–H groups in total. The lowest BCUT2D eigenvalue weighted by atomic mass is 10.2. The van der Waals surface area contributed by atoms with E-state index in [9.17, 15) is 4.79 Å². The van der Waals surface area contributed by atoms with E-state index in [0.717, 1.165) is 40.2 Å². The van der Waals surface area contributed by atoms with E-state index in [4.69, 9.17) is 26.3 Å². The summed E-state index contributed by atoms with van der Waals surface area (Å²) in [6.07, 6.45) is 2.27. The fourth-order valence-corrected chi connectivity index (χ4v) is 4.16. The highest BCUT2D eigenvalue weighted by Crippen LogP contribution is 2.40. The molecule has 0 bridgehead atoms. The van der Waals surface area contributed by atoms with Crippen LogP contribution in [0.25, 0.3) is 10.9 Å². The molecule has 1 heterocycles. The summed E-state index contributed by atoms with van der Waals surface area (Å²) in [5, 5.41) is 5.03. The molecule has 5 nitrogen and oxygen atoms in total. The van der Waals surface area contributed by atoms with Gasteiger partial charge in [0.2, 0.25) is 5.91 Å². The molecule has 0 spiro atoms. The van der Waals surface area contributed by atoms with E-state index in [2.05, 4.69) is 5.32 Å². The lowest BCUT2D eigenvalue weighted by Crippen LogP contribution is -2.23. The number of methoxy groups -OCH3 is 1. The fraction of sp³-hybridized carbons (Fsp3) is 0.318. The van der Waals surface area contributed by atoms with E-state index in [0.29, 0.717) is 22.4 Å². The Morgan fingerprint density at radius 3 is 2.76 bits per heavy atom. The summed E-state index contributed by atoms with van der Waals surface area (Å²) >= 11 is 7.61. The molecule has 1 aliphatic carbocycles. The lowest BCUT2D eigenvalue weighted by molar-refractivity contribution is -0.115. The number of benzene rings is 2. The first kappa shape index (κ1) is 20.0. The van der Waals surface area contributed by atoms with Gasteiger partial charge in [-0.3, -0.25) is 4.79 Å². The van der Waals surface area contributed by atoms with E-state index in [1.54, 1.807) is 13.2 Å². The van der Waals surface area contributed by atoms with Gasteiger partial charge >= 0.3 is 0 Å². The molecule has 3 aromatic rings. The molecule has 7 heteroatoms. The molecule has 1 amide bonds. The first-order valence-corrected chi connectivity index (χ1v) is 10.8. The number of anilines is 1. The van der Waals surface area contributed by atoms with Gasteiger partial charge in [0.25, 0.3) is 0 Å². The molecule has 1 aromatic heterocycles. The van der Waals surface area contributed by atoms with Gasteiger partial charge in [-0.05, 0) is 44.4 Å². The molecule has 4 rings (SSSR count). The third-order valence-electron chi connectivity index (χ3n) is 4.92. The van der Waals surface area contributed by atoms with Crippen LogP contribution in [0.5, 0.6) is 5.75 Å². The molecule has 1 saturated carbocycles. The van der Waals surface area contributed by atoms with E-state index >= 15 is 0 Å². The molecular formula is C22H22ClN3O2S. The van der Waals surface area contributed by atoms with Gasteiger partial charge in [0, 0.05) is 22.4 Å². The van der Waals surface area contributed by atoms with Crippen LogP contribution in [0.2, 0.25) is 5.02 Å². The molecule has 1 unspecified atom stereocenters. The predicted octanol–water partition coefficient (Wildman–Crippen LogP) is 5.60. The first-order valence-electron chi connectivity index (χ1n) is 9.54. The Bertz CT molecular complexity index is 1090. The number of hydrogen-bond donors (Lipinski definition) is 1. The van der Waals surface area contributed by atoms with Crippen molar-refractivity contribution in [3.63, 3.8) is 0 Å². The summed E-state index contributed by atoms with van der Waals surface area (Å²) in [6.45, 7) is 3.77. The second kappa shape index (κ2) is 8.20. The number of ether oxygens (including phenoxy) is 1. The Kier molecular flexibility index (Phi) is 5.65. The van der Waals surface area contributed by atoms with Gasteiger partial charge < -0.3 is 10.1 Å². The number of amides is 1. The Morgan fingerprint density at radius 1 is 1.28 bits per heavy atom. The topological polar surface area (TPSA) is 64.1 Å². The number of nitrogens with one attached hydrogen (secondary N) is 1. The lowest BCUT2D eigenvalue weighted by Gasteiger charge is -2.16. The van der Waals surface area contributed by atoms with Gasteiger partial charge in [-0.1, -0.05) is 41.6 Å². The molecule has 1 atom stereocenters. The van der Waals surface area contributed by atoms with Crippen molar-refractivity contribution in [3.05, 3.63) is 52.8 Å². The van der Waals surface area contributed by atoms with Crippen LogP contribution in [0.15, 0.2) is 41.4 Å². The summed E-state index contributed by atoms with van der Waals surface area (Å²) in [7, 11) is 1.56. The van der Waals surface area contributed by atoms with Crippen molar-refractivity contribution in [1.29, 1.82) is 0 Å². The molecule has 29 heavy (non-hydrogen) atoms. The van der Waals surface area contributed by atoms with Crippen LogP contribution in [-0.4, -0.2) is 28.2 Å². The number of nitrogens with zero attached hydrogens (tertiary/aromatic N) is 2. The second-order valence-corrected chi connectivity index (χ2v) is 8.97. The van der Waals surface area contributed by atoms with E-state index in [1.165, 1.54) is 11.8 Å². The van der Waals surface area contributed by atoms with Crippen LogP contribution in [-0.2, 0) is 4.79 Å². The summed E-state index contributed by atoms with van der Waals surface area (Å²) in [5.74, 6) is 1.75. The third kappa shape index (κ3) is 4.33. The number of fused-ring (bicyclic) bond motifs is 1. The summed E-state index contributed by atoms with van der Waals surface area (Å²) < 4.78 is 5.36. The summed E-state index contributed by atoms with van der Waals surface area (Å²) in [6, 6.07) is 11.5. The SMILES string of the molecule is COc1cc(Cl)c(C)cc1NC(=O)C(C)Sc1nc(C2CC2)nc2ccccc12. The van der Waals surface area contributed by atoms with Crippen molar-refractivity contribution < 1.29 is 9.53 Å². The van der Waals surface area contributed by atoms with E-state index in [1.807, 2.05) is 44.2 Å². The second-order valence-electron chi connectivity index (χ2n) is 7.23. The largest absolute Gasteiger partial charge is 0.495 e. The molecule has 0 aliphatic heterocycles. The van der Waals surface area contributed by atoms with Crippen molar-refractivity contribution in [2.45, 2.75) is 42.9 Å². The predicted molar refractivity (Wildman–Crippen MR) is 118 cm³/mol. The highest BCUT2D eigenvalue weighted by Gasteiger charge is 2.28. The highest BCUT2D eigenvalue weighted by atomic mass is 35.5. The third-order valence-corrected chi connectivity index (χ3v) is 6.43. The number of aromatic nitrogens is 2. The van der Waals surface area contributed by atoms with Crippen LogP contribution < -0.4 is 10.1 Å². The number of carbonyl (C=O) groups is 1. The Balaban J connectivity index is 1.57. The van der Waals surface area contributed by atoms with Crippen LogP contribution in [0, 0.1) is 6.92 Å². The zero-order valence-electron chi connectivity index (χ0n) is 16.5. The molecule has 150 valence electrons. The average Bonchev–Trinajstić information content (AvgIpc) is 3.55. The minimum atomic E-state index is -0.346. The van der Waals surface area contributed by atoms with Crippen molar-refractivity contribution in [2.24, 2.45) is 0 Å². The Morgan fingerprint density at radius 2 is 2.03 bits per heavy atom. The highest BCUT2D eigenvalue weighted by molar-refractivity contribution is 8.00. The van der Waals surface area contributed by atoms with Crippen LogP contribution in [0.1, 0.15) is 37.1 Å². The van der Waals surface area contributed by atoms with Gasteiger partial charge in [0.05, 0.1) is 23.6 Å².